The van der Waals surface area contributed by atoms with Gasteiger partial charge in [0, 0.05) is 19.1 Å². The molecule has 0 aliphatic heterocycles. The number of unbranched alkanes of at least 4 members (excludes halogenated alkanes) is 15. The SMILES string of the molecule is CCCCCCCCCCCCCCCCCCSC[C@@H](NC(C)=O)C(=O)N[C@@H](CCC(=O)OC)C(=O)O. The van der Waals surface area contributed by atoms with Crippen molar-refractivity contribution in [3.8, 4) is 0 Å². The minimum atomic E-state index is -1.23. The predicted molar refractivity (Wildman–Crippen MR) is 155 cm³/mol. The number of hydrogen-bond donors (Lipinski definition) is 3. The van der Waals surface area contributed by atoms with Crippen LogP contribution in [0.25, 0.3) is 0 Å². The van der Waals surface area contributed by atoms with E-state index in [-0.39, 0.29) is 18.7 Å². The Hall–Kier alpha value is -1.77. The van der Waals surface area contributed by atoms with Crippen LogP contribution < -0.4 is 10.6 Å². The van der Waals surface area contributed by atoms with Crippen LogP contribution in [-0.2, 0) is 23.9 Å². The number of amides is 2. The van der Waals surface area contributed by atoms with Crippen molar-refractivity contribution in [1.82, 2.24) is 10.6 Å². The van der Waals surface area contributed by atoms with Gasteiger partial charge in [0.2, 0.25) is 11.8 Å². The van der Waals surface area contributed by atoms with E-state index in [0.29, 0.717) is 5.75 Å². The van der Waals surface area contributed by atoms with Gasteiger partial charge < -0.3 is 20.5 Å². The first-order valence-electron chi connectivity index (χ1n) is 14.8. The van der Waals surface area contributed by atoms with Crippen LogP contribution in [0.3, 0.4) is 0 Å². The van der Waals surface area contributed by atoms with E-state index in [1.807, 2.05) is 0 Å². The van der Waals surface area contributed by atoms with Gasteiger partial charge in [-0.1, -0.05) is 103 Å². The molecule has 8 nitrogen and oxygen atoms in total. The van der Waals surface area contributed by atoms with E-state index in [1.54, 1.807) is 11.8 Å². The molecule has 0 aliphatic rings. The average Bonchev–Trinajstić information content (AvgIpc) is 2.88. The second-order valence-corrected chi connectivity index (χ2v) is 11.3. The van der Waals surface area contributed by atoms with Gasteiger partial charge in [-0.05, 0) is 18.6 Å². The molecule has 0 saturated carbocycles. The molecule has 9 heteroatoms. The molecule has 0 unspecified atom stereocenters. The van der Waals surface area contributed by atoms with Crippen LogP contribution in [-0.4, -0.2) is 59.6 Å². The van der Waals surface area contributed by atoms with Gasteiger partial charge in [-0.2, -0.15) is 11.8 Å². The van der Waals surface area contributed by atoms with Crippen molar-refractivity contribution in [3.63, 3.8) is 0 Å². The maximum atomic E-state index is 12.6. The Morgan fingerprint density at radius 1 is 0.737 bits per heavy atom. The zero-order valence-electron chi connectivity index (χ0n) is 24.2. The fraction of sp³-hybridized carbons (Fsp3) is 0.862. The number of aliphatic carboxylic acids is 1. The number of carbonyl (C=O) groups is 4. The predicted octanol–water partition coefficient (Wildman–Crippen LogP) is 6.01. The number of carboxylic acids is 1. The van der Waals surface area contributed by atoms with Crippen LogP contribution in [0.5, 0.6) is 0 Å². The van der Waals surface area contributed by atoms with Gasteiger partial charge in [0.05, 0.1) is 7.11 Å². The number of ether oxygens (including phenoxy) is 1. The number of carboxylic acid groups (broad SMARTS) is 1. The standard InChI is InChI=1S/C29H54N2O6S/c1-4-5-6-7-8-9-10-11-12-13-14-15-16-17-18-19-22-38-23-26(30-24(2)32)28(34)31-25(29(35)36)20-21-27(33)37-3/h25-26H,4-23H2,1-3H3,(H,30,32)(H,31,34)(H,35,36)/t25-,26+/m0/s1. The Kier molecular flexibility index (Phi) is 24.3. The zero-order valence-corrected chi connectivity index (χ0v) is 25.0. The van der Waals surface area contributed by atoms with Crippen molar-refractivity contribution < 1.29 is 29.0 Å². The monoisotopic (exact) mass is 558 g/mol. The van der Waals surface area contributed by atoms with E-state index in [9.17, 15) is 24.3 Å². The molecule has 0 spiro atoms. The Bertz CT molecular complexity index is 647. The quantitative estimate of drug-likeness (QED) is 0.0878. The third kappa shape index (κ3) is 22.2. The lowest BCUT2D eigenvalue weighted by Gasteiger charge is -2.20. The molecule has 0 saturated heterocycles. The number of thioether (sulfide) groups is 1. The fourth-order valence-electron chi connectivity index (χ4n) is 4.28. The molecule has 2 atom stereocenters. The molecule has 38 heavy (non-hydrogen) atoms. The number of esters is 1. The van der Waals surface area contributed by atoms with Crippen molar-refractivity contribution in [2.75, 3.05) is 18.6 Å². The topological polar surface area (TPSA) is 122 Å². The molecule has 0 aromatic carbocycles. The maximum absolute atomic E-state index is 12.6. The highest BCUT2D eigenvalue weighted by Crippen LogP contribution is 2.15. The third-order valence-electron chi connectivity index (χ3n) is 6.60. The summed E-state index contributed by atoms with van der Waals surface area (Å²) in [6.07, 6.45) is 20.9. The Morgan fingerprint density at radius 2 is 1.21 bits per heavy atom. The summed E-state index contributed by atoms with van der Waals surface area (Å²) in [4.78, 5) is 46.9. The number of carbonyl (C=O) groups excluding carboxylic acids is 3. The molecule has 0 aromatic heterocycles. The number of methoxy groups -OCH3 is 1. The summed E-state index contributed by atoms with van der Waals surface area (Å²) in [5, 5.41) is 14.4. The van der Waals surface area contributed by atoms with Gasteiger partial charge in [0.25, 0.3) is 0 Å². The first-order valence-corrected chi connectivity index (χ1v) is 15.9. The summed E-state index contributed by atoms with van der Waals surface area (Å²) in [6, 6.07) is -2.04. The van der Waals surface area contributed by atoms with Gasteiger partial charge in [-0.25, -0.2) is 4.79 Å². The van der Waals surface area contributed by atoms with Crippen molar-refractivity contribution in [2.45, 2.75) is 142 Å². The van der Waals surface area contributed by atoms with Gasteiger partial charge in [0.15, 0.2) is 0 Å². The van der Waals surface area contributed by atoms with E-state index in [4.69, 9.17) is 0 Å². The van der Waals surface area contributed by atoms with Gasteiger partial charge in [-0.3, -0.25) is 14.4 Å². The highest BCUT2D eigenvalue weighted by molar-refractivity contribution is 7.99. The van der Waals surface area contributed by atoms with Crippen LogP contribution >= 0.6 is 11.8 Å². The molecule has 0 bridgehead atoms. The number of nitrogens with one attached hydrogen (secondary N) is 2. The molecule has 0 aliphatic carbocycles. The second kappa shape index (κ2) is 25.5. The Labute approximate surface area is 235 Å². The van der Waals surface area contributed by atoms with Crippen molar-refractivity contribution >= 4 is 35.5 Å². The van der Waals surface area contributed by atoms with E-state index < -0.39 is 29.9 Å². The number of hydrogen-bond acceptors (Lipinski definition) is 6. The molecule has 0 fully saturated rings. The molecule has 3 N–H and O–H groups in total. The van der Waals surface area contributed by atoms with Crippen LogP contribution in [0, 0.1) is 0 Å². The first kappa shape index (κ1) is 36.2. The highest BCUT2D eigenvalue weighted by atomic mass is 32.2. The zero-order chi connectivity index (χ0) is 28.4. The molecule has 2 amide bonds. The lowest BCUT2D eigenvalue weighted by Crippen LogP contribution is -2.52. The van der Waals surface area contributed by atoms with E-state index >= 15 is 0 Å². The van der Waals surface area contributed by atoms with Gasteiger partial charge in [0.1, 0.15) is 12.1 Å². The van der Waals surface area contributed by atoms with E-state index in [2.05, 4.69) is 22.3 Å². The van der Waals surface area contributed by atoms with Gasteiger partial charge >= 0.3 is 11.9 Å². The normalized spacial score (nSPS) is 12.5. The summed E-state index contributed by atoms with van der Waals surface area (Å²) in [5.41, 5.74) is 0. The van der Waals surface area contributed by atoms with Crippen molar-refractivity contribution in [1.29, 1.82) is 0 Å². The van der Waals surface area contributed by atoms with Crippen LogP contribution in [0.15, 0.2) is 0 Å². The molecule has 0 heterocycles. The second-order valence-electron chi connectivity index (χ2n) is 10.1. The highest BCUT2D eigenvalue weighted by Gasteiger charge is 2.26. The first-order chi connectivity index (χ1) is 18.3. The largest absolute Gasteiger partial charge is 0.480 e. The molecular formula is C29H54N2O6S. The van der Waals surface area contributed by atoms with E-state index in [1.165, 1.54) is 104 Å². The minimum absolute atomic E-state index is 0.0765. The molecule has 0 radical (unpaired) electrons. The lowest BCUT2D eigenvalue weighted by molar-refractivity contribution is -0.144. The summed E-state index contributed by atoms with van der Waals surface area (Å²) in [7, 11) is 1.22. The Morgan fingerprint density at radius 3 is 1.63 bits per heavy atom. The average molecular weight is 559 g/mol. The smallest absolute Gasteiger partial charge is 0.326 e. The molecule has 0 aromatic rings. The Balaban J connectivity index is 3.91. The van der Waals surface area contributed by atoms with Crippen LogP contribution in [0.4, 0.5) is 0 Å². The fourth-order valence-corrected chi connectivity index (χ4v) is 5.32. The molecule has 0 rings (SSSR count). The number of rotatable bonds is 26. The summed E-state index contributed by atoms with van der Waals surface area (Å²) >= 11 is 1.58. The van der Waals surface area contributed by atoms with Crippen molar-refractivity contribution in [2.24, 2.45) is 0 Å². The molecular weight excluding hydrogens is 504 g/mol. The van der Waals surface area contributed by atoms with Crippen LogP contribution in [0.1, 0.15) is 129 Å². The molecule has 222 valence electrons. The van der Waals surface area contributed by atoms with Crippen LogP contribution in [0.2, 0.25) is 0 Å². The van der Waals surface area contributed by atoms with Gasteiger partial charge in [-0.15, -0.1) is 0 Å². The van der Waals surface area contributed by atoms with Crippen molar-refractivity contribution in [3.05, 3.63) is 0 Å². The maximum Gasteiger partial charge on any atom is 0.326 e. The minimum Gasteiger partial charge on any atom is -0.480 e. The van der Waals surface area contributed by atoms with E-state index in [0.717, 1.165) is 18.6 Å². The summed E-state index contributed by atoms with van der Waals surface area (Å²) < 4.78 is 4.53. The lowest BCUT2D eigenvalue weighted by atomic mass is 10.0. The third-order valence-corrected chi connectivity index (χ3v) is 7.75. The summed E-state index contributed by atoms with van der Waals surface area (Å²) in [5.74, 6) is -1.44. The summed E-state index contributed by atoms with van der Waals surface area (Å²) in [6.45, 7) is 3.59.